The number of nitrogens with two attached hydrogens (primary N) is 1. The average Bonchev–Trinajstić information content (AvgIpc) is 2.75. The van der Waals surface area contributed by atoms with Crippen LogP contribution in [0, 0.1) is 0 Å². The fourth-order valence-corrected chi connectivity index (χ4v) is 1.47. The molecule has 7 nitrogen and oxygen atoms in total. The van der Waals surface area contributed by atoms with Gasteiger partial charge in [-0.2, -0.15) is 0 Å². The summed E-state index contributed by atoms with van der Waals surface area (Å²) in [5.41, 5.74) is 5.81. The van der Waals surface area contributed by atoms with Crippen LogP contribution < -0.4 is 11.1 Å². The van der Waals surface area contributed by atoms with Crippen molar-refractivity contribution in [3.8, 4) is 0 Å². The highest BCUT2D eigenvalue weighted by Gasteiger charge is 2.09. The molecule has 0 spiro atoms. The van der Waals surface area contributed by atoms with Crippen molar-refractivity contribution in [2.75, 3.05) is 5.73 Å². The molecule has 8 heteroatoms. The molecule has 3 N–H and O–H groups in total. The van der Waals surface area contributed by atoms with Crippen molar-refractivity contribution < 1.29 is 4.79 Å². The van der Waals surface area contributed by atoms with Gasteiger partial charge in [-0.15, -0.1) is 10.2 Å². The van der Waals surface area contributed by atoms with Gasteiger partial charge in [-0.05, 0) is 6.07 Å². The first kappa shape index (κ1) is 12.3. The van der Waals surface area contributed by atoms with E-state index in [1.165, 1.54) is 12.3 Å². The quantitative estimate of drug-likeness (QED) is 0.837. The number of aromatic nitrogens is 4. The van der Waals surface area contributed by atoms with E-state index < -0.39 is 0 Å². The number of hydrogen-bond acceptors (Lipinski definition) is 5. The number of halogens is 1. The van der Waals surface area contributed by atoms with E-state index in [0.29, 0.717) is 11.4 Å². The van der Waals surface area contributed by atoms with Crippen LogP contribution in [0.2, 0.25) is 5.02 Å². The Bertz CT molecular complexity index is 581. The third kappa shape index (κ3) is 2.57. The first-order valence-corrected chi connectivity index (χ1v) is 5.48. The van der Waals surface area contributed by atoms with Crippen LogP contribution in [0.3, 0.4) is 0 Å². The van der Waals surface area contributed by atoms with Crippen molar-refractivity contribution in [2.24, 2.45) is 7.05 Å². The maximum absolute atomic E-state index is 11.8. The monoisotopic (exact) mass is 266 g/mol. The summed E-state index contributed by atoms with van der Waals surface area (Å²) in [6.45, 7) is 0.275. The molecule has 2 aromatic heterocycles. The number of rotatable bonds is 3. The Hall–Kier alpha value is -2.15. The van der Waals surface area contributed by atoms with Crippen molar-refractivity contribution in [1.82, 2.24) is 25.1 Å². The first-order valence-electron chi connectivity index (χ1n) is 5.10. The number of pyridine rings is 1. The molecule has 0 bridgehead atoms. The number of amides is 1. The fraction of sp³-hybridized carbons (Fsp3) is 0.200. The van der Waals surface area contributed by atoms with Crippen LogP contribution in [0.15, 0.2) is 18.6 Å². The molecule has 2 heterocycles. The highest BCUT2D eigenvalue weighted by molar-refractivity contribution is 6.33. The smallest absolute Gasteiger partial charge is 0.253 e. The van der Waals surface area contributed by atoms with Gasteiger partial charge >= 0.3 is 0 Å². The van der Waals surface area contributed by atoms with Gasteiger partial charge in [0.1, 0.15) is 12.1 Å². The summed E-state index contributed by atoms with van der Waals surface area (Å²) in [4.78, 5) is 15.6. The maximum Gasteiger partial charge on any atom is 0.253 e. The molecule has 2 aromatic rings. The molecule has 0 unspecified atom stereocenters. The minimum absolute atomic E-state index is 0.196. The average molecular weight is 267 g/mol. The fourth-order valence-electron chi connectivity index (χ4n) is 1.30. The van der Waals surface area contributed by atoms with Crippen molar-refractivity contribution in [3.63, 3.8) is 0 Å². The predicted octanol–water partition coefficient (Wildman–Crippen LogP) is 0.376. The van der Waals surface area contributed by atoms with Crippen LogP contribution in [-0.4, -0.2) is 25.7 Å². The van der Waals surface area contributed by atoms with E-state index in [1.807, 2.05) is 0 Å². The van der Waals surface area contributed by atoms with Gasteiger partial charge in [0, 0.05) is 13.2 Å². The largest absolute Gasteiger partial charge is 0.382 e. The number of aryl methyl sites for hydroxylation is 1. The standard InChI is InChI=1S/C10H11ClN6O/c1-17-5-15-16-8(17)4-14-10(18)6-2-7(11)9(12)13-3-6/h2-3,5H,4H2,1H3,(H2,12,13)(H,14,18). The first-order chi connectivity index (χ1) is 8.58. The van der Waals surface area contributed by atoms with Gasteiger partial charge in [0.25, 0.3) is 5.91 Å². The summed E-state index contributed by atoms with van der Waals surface area (Å²) in [6, 6.07) is 1.47. The van der Waals surface area contributed by atoms with E-state index >= 15 is 0 Å². The molecule has 0 saturated carbocycles. The number of carbonyl (C=O) groups excluding carboxylic acids is 1. The van der Waals surface area contributed by atoms with Gasteiger partial charge in [0.2, 0.25) is 0 Å². The zero-order valence-corrected chi connectivity index (χ0v) is 10.3. The minimum Gasteiger partial charge on any atom is -0.382 e. The van der Waals surface area contributed by atoms with E-state index in [4.69, 9.17) is 17.3 Å². The highest BCUT2D eigenvalue weighted by Crippen LogP contribution is 2.16. The summed E-state index contributed by atoms with van der Waals surface area (Å²) in [6.07, 6.45) is 2.93. The maximum atomic E-state index is 11.8. The Morgan fingerprint density at radius 1 is 1.61 bits per heavy atom. The summed E-state index contributed by atoms with van der Waals surface area (Å²) in [5.74, 6) is 0.548. The third-order valence-corrected chi connectivity index (χ3v) is 2.65. The van der Waals surface area contributed by atoms with Crippen LogP contribution >= 0.6 is 11.6 Å². The van der Waals surface area contributed by atoms with Gasteiger partial charge in [-0.3, -0.25) is 4.79 Å². The summed E-state index contributed by atoms with van der Waals surface area (Å²) >= 11 is 5.79. The number of hydrogen-bond donors (Lipinski definition) is 2. The van der Waals surface area contributed by atoms with E-state index in [-0.39, 0.29) is 23.3 Å². The van der Waals surface area contributed by atoms with E-state index in [1.54, 1.807) is 17.9 Å². The second-order valence-electron chi connectivity index (χ2n) is 3.63. The molecule has 94 valence electrons. The number of anilines is 1. The number of nitrogen functional groups attached to an aromatic ring is 1. The molecular weight excluding hydrogens is 256 g/mol. The molecule has 0 saturated heterocycles. The van der Waals surface area contributed by atoms with Crippen LogP contribution in [-0.2, 0) is 13.6 Å². The molecule has 0 atom stereocenters. The lowest BCUT2D eigenvalue weighted by atomic mass is 10.2. The Kier molecular flexibility index (Phi) is 3.42. The third-order valence-electron chi connectivity index (χ3n) is 2.34. The molecule has 18 heavy (non-hydrogen) atoms. The summed E-state index contributed by atoms with van der Waals surface area (Å²) < 4.78 is 1.72. The number of nitrogens with one attached hydrogen (secondary N) is 1. The van der Waals surface area contributed by atoms with Crippen LogP contribution in [0.25, 0.3) is 0 Å². The molecule has 0 aromatic carbocycles. The molecule has 1 amide bonds. The van der Waals surface area contributed by atoms with Gasteiger partial charge < -0.3 is 15.6 Å². The number of nitrogens with zero attached hydrogens (tertiary/aromatic N) is 4. The molecule has 0 fully saturated rings. The van der Waals surface area contributed by atoms with Crippen molar-refractivity contribution in [3.05, 3.63) is 35.0 Å². The summed E-state index contributed by atoms with van der Waals surface area (Å²) in [5, 5.41) is 10.5. The van der Waals surface area contributed by atoms with Crippen LogP contribution in [0.4, 0.5) is 5.82 Å². The Morgan fingerprint density at radius 3 is 3.00 bits per heavy atom. The Morgan fingerprint density at radius 2 is 2.39 bits per heavy atom. The second-order valence-corrected chi connectivity index (χ2v) is 4.04. The SMILES string of the molecule is Cn1cnnc1CNC(=O)c1cnc(N)c(Cl)c1. The van der Waals surface area contributed by atoms with Gasteiger partial charge in [-0.1, -0.05) is 11.6 Å². The van der Waals surface area contributed by atoms with Crippen molar-refractivity contribution in [1.29, 1.82) is 0 Å². The second kappa shape index (κ2) is 5.01. The topological polar surface area (TPSA) is 98.7 Å². The van der Waals surface area contributed by atoms with Crippen LogP contribution in [0.1, 0.15) is 16.2 Å². The number of carbonyl (C=O) groups is 1. The lowest BCUT2D eigenvalue weighted by Crippen LogP contribution is -2.24. The lowest BCUT2D eigenvalue weighted by molar-refractivity contribution is 0.0949. The molecule has 0 aliphatic carbocycles. The zero-order chi connectivity index (χ0) is 13.1. The zero-order valence-electron chi connectivity index (χ0n) is 9.59. The molecule has 0 aliphatic heterocycles. The molecule has 2 rings (SSSR count). The van der Waals surface area contributed by atoms with Gasteiger partial charge in [-0.25, -0.2) is 4.98 Å². The molecule has 0 aliphatic rings. The highest BCUT2D eigenvalue weighted by atomic mass is 35.5. The van der Waals surface area contributed by atoms with Crippen LogP contribution in [0.5, 0.6) is 0 Å². The summed E-state index contributed by atoms with van der Waals surface area (Å²) in [7, 11) is 1.79. The molecular formula is C10H11ClN6O. The van der Waals surface area contributed by atoms with E-state index in [2.05, 4.69) is 20.5 Å². The van der Waals surface area contributed by atoms with E-state index in [0.717, 1.165) is 0 Å². The van der Waals surface area contributed by atoms with E-state index in [9.17, 15) is 4.79 Å². The van der Waals surface area contributed by atoms with Gasteiger partial charge in [0.05, 0.1) is 17.1 Å². The minimum atomic E-state index is -0.299. The van der Waals surface area contributed by atoms with Crippen molar-refractivity contribution in [2.45, 2.75) is 6.54 Å². The normalized spacial score (nSPS) is 10.3. The predicted molar refractivity (Wildman–Crippen MR) is 65.8 cm³/mol. The Labute approximate surface area is 108 Å². The Balaban J connectivity index is 2.04. The molecule has 0 radical (unpaired) electrons. The lowest BCUT2D eigenvalue weighted by Gasteiger charge is -2.05. The van der Waals surface area contributed by atoms with Gasteiger partial charge in [0.15, 0.2) is 5.82 Å². The van der Waals surface area contributed by atoms with Crippen molar-refractivity contribution >= 4 is 23.3 Å².